The van der Waals surface area contributed by atoms with E-state index in [0.717, 1.165) is 8.62 Å². The molecular formula is C21H57Bi3Si6. The van der Waals surface area contributed by atoms with Gasteiger partial charge in [-0.05, 0) is 0 Å². The molecule has 0 heterocycles. The first-order chi connectivity index (χ1) is 12.5. The Kier molecular flexibility index (Phi) is 18.0. The summed E-state index contributed by atoms with van der Waals surface area (Å²) in [5.41, 5.74) is 0. The monoisotopic (exact) mass is 1100 g/mol. The van der Waals surface area contributed by atoms with Gasteiger partial charge in [0.1, 0.15) is 0 Å². The molecule has 0 aliphatic carbocycles. The fourth-order valence-corrected chi connectivity index (χ4v) is 35.1. The van der Waals surface area contributed by atoms with Crippen LogP contribution in [0.3, 0.4) is 0 Å². The van der Waals surface area contributed by atoms with Gasteiger partial charge in [0.05, 0.1) is 0 Å². The summed E-state index contributed by atoms with van der Waals surface area (Å²) < 4.78 is 3.46. The molecule has 0 saturated heterocycles. The summed E-state index contributed by atoms with van der Waals surface area (Å²) >= 11 is 4.91. The van der Waals surface area contributed by atoms with Crippen LogP contribution in [0.1, 0.15) is 0 Å². The fourth-order valence-electron chi connectivity index (χ4n) is 3.90. The SMILES string of the molecule is C[Si](C)(C)[CH]([Bi])[Si](C)(C)C.C[Si](C)(C)[CH]([Bi])[Si](C)(C)C.C[Si](C)(C)[CH]([Bi])[Si](C)(C)C. The molecule has 0 fully saturated rings. The first kappa shape index (κ1) is 38.5. The van der Waals surface area contributed by atoms with Gasteiger partial charge in [-0.2, -0.15) is 0 Å². The molecule has 0 spiro atoms. The molecule has 0 atom stereocenters. The minimum atomic E-state index is -0.785. The molecule has 0 aromatic rings. The average molecular weight is 1110 g/mol. The number of rotatable bonds is 6. The molecule has 0 nitrogen and oxygen atoms in total. The number of hydrogen-bond donors (Lipinski definition) is 0. The standard InChI is InChI=1S/3C7H19Si2.3Bi/c3*1-8(2,3)7-9(4,5)6;;;/h3*7H,1-6H3;;;. The van der Waals surface area contributed by atoms with E-state index in [1.54, 1.807) is 74.2 Å². The average Bonchev–Trinajstić information content (AvgIpc) is 2.40. The van der Waals surface area contributed by atoms with Crippen molar-refractivity contribution in [3.63, 3.8) is 0 Å². The molecule has 0 aliphatic heterocycles. The molecule has 6 radical (unpaired) electrons. The molecule has 0 bridgehead atoms. The van der Waals surface area contributed by atoms with Gasteiger partial charge < -0.3 is 0 Å². The molecule has 0 aromatic carbocycles. The van der Waals surface area contributed by atoms with Gasteiger partial charge in [0.15, 0.2) is 0 Å². The summed E-state index contributed by atoms with van der Waals surface area (Å²) in [4.78, 5) is 0. The van der Waals surface area contributed by atoms with Crippen molar-refractivity contribution < 1.29 is 0 Å². The van der Waals surface area contributed by atoms with Gasteiger partial charge in [0.2, 0.25) is 0 Å². The van der Waals surface area contributed by atoms with E-state index in [1.165, 1.54) is 0 Å². The Bertz CT molecular complexity index is 359. The Balaban J connectivity index is -0.000000364. The quantitative estimate of drug-likeness (QED) is 0.236. The molecule has 180 valence electrons. The van der Waals surface area contributed by atoms with Crippen molar-refractivity contribution >= 4 is 123 Å². The summed E-state index contributed by atoms with van der Waals surface area (Å²) in [7, 11) is -4.71. The van der Waals surface area contributed by atoms with Crippen molar-refractivity contribution in [2.75, 3.05) is 0 Å². The zero-order valence-electron chi connectivity index (χ0n) is 24.1. The summed E-state index contributed by atoms with van der Waals surface area (Å²) in [5.74, 6) is 0. The van der Waals surface area contributed by atoms with Crippen LogP contribution in [-0.2, 0) is 0 Å². The second-order valence-electron chi connectivity index (χ2n) is 15.4. The van der Waals surface area contributed by atoms with Gasteiger partial charge in [0, 0.05) is 0 Å². The zero-order chi connectivity index (χ0) is 25.7. The molecule has 0 amide bonds. The number of hydrogen-bond acceptors (Lipinski definition) is 0. The first-order valence-electron chi connectivity index (χ1n) is 11.5. The zero-order valence-corrected chi connectivity index (χ0v) is 40.5. The van der Waals surface area contributed by atoms with Crippen molar-refractivity contribution in [3.8, 4) is 0 Å². The topological polar surface area (TPSA) is 0 Å². The maximum absolute atomic E-state index is 2.51. The van der Waals surface area contributed by atoms with Crippen LogP contribution in [0.15, 0.2) is 0 Å². The van der Waals surface area contributed by atoms with E-state index in [1.807, 2.05) is 0 Å². The predicted octanol–water partition coefficient (Wildman–Crippen LogP) is 8.09. The second-order valence-corrected chi connectivity index (χ2v) is 66.9. The van der Waals surface area contributed by atoms with Gasteiger partial charge in [0.25, 0.3) is 0 Å². The molecule has 0 saturated carbocycles. The Morgan fingerprint density at radius 1 is 0.267 bits per heavy atom. The van der Waals surface area contributed by atoms with Crippen LogP contribution in [0.4, 0.5) is 0 Å². The van der Waals surface area contributed by atoms with E-state index in [-0.39, 0.29) is 0 Å². The molecule has 30 heavy (non-hydrogen) atoms. The third-order valence-electron chi connectivity index (χ3n) is 4.92. The van der Waals surface area contributed by atoms with Crippen LogP contribution < -0.4 is 0 Å². The van der Waals surface area contributed by atoms with Crippen LogP contribution in [0, 0.1) is 0 Å². The summed E-state index contributed by atoms with van der Waals surface area (Å²) in [6, 6.07) is 0. The van der Waals surface area contributed by atoms with Gasteiger partial charge in [-0.3, -0.25) is 0 Å². The fraction of sp³-hybridized carbons (Fsp3) is 1.00. The third-order valence-corrected chi connectivity index (χ3v) is 84.6. The van der Waals surface area contributed by atoms with E-state index < -0.39 is 48.4 Å². The molecule has 0 aromatic heterocycles. The van der Waals surface area contributed by atoms with Gasteiger partial charge in [-0.1, -0.05) is 0 Å². The molecule has 0 N–H and O–H groups in total. The third kappa shape index (κ3) is 19.2. The van der Waals surface area contributed by atoms with Crippen LogP contribution in [0.25, 0.3) is 0 Å². The Labute approximate surface area is 245 Å². The maximum atomic E-state index is 2.51. The first-order valence-corrected chi connectivity index (χ1v) is 39.0. The normalized spacial score (nSPS) is 14.4. The van der Waals surface area contributed by atoms with E-state index in [9.17, 15) is 0 Å². The molecule has 9 heteroatoms. The Hall–Kier alpha value is 3.95. The Morgan fingerprint density at radius 3 is 0.333 bits per heavy atom. The van der Waals surface area contributed by atoms with Crippen LogP contribution in [0.2, 0.25) is 126 Å². The van der Waals surface area contributed by atoms with Crippen LogP contribution in [0.5, 0.6) is 0 Å². The Morgan fingerprint density at radius 2 is 0.333 bits per heavy atom. The van der Waals surface area contributed by atoms with Crippen LogP contribution in [-0.4, -0.2) is 123 Å². The van der Waals surface area contributed by atoms with Crippen molar-refractivity contribution in [2.24, 2.45) is 0 Å². The van der Waals surface area contributed by atoms with Gasteiger partial charge in [-0.25, -0.2) is 0 Å². The molecular weight excluding hydrogens is 1050 g/mol. The van der Waals surface area contributed by atoms with E-state index in [4.69, 9.17) is 0 Å². The van der Waals surface area contributed by atoms with Crippen molar-refractivity contribution in [3.05, 3.63) is 0 Å². The molecule has 0 aliphatic rings. The van der Waals surface area contributed by atoms with Crippen LogP contribution >= 0.6 is 0 Å². The van der Waals surface area contributed by atoms with Crippen molar-refractivity contribution in [1.82, 2.24) is 0 Å². The summed E-state index contributed by atoms with van der Waals surface area (Å²) in [5, 5.41) is 0. The van der Waals surface area contributed by atoms with E-state index >= 15 is 0 Å². The van der Waals surface area contributed by atoms with E-state index in [2.05, 4.69) is 118 Å². The second kappa shape index (κ2) is 14.0. The van der Waals surface area contributed by atoms with Crippen molar-refractivity contribution in [1.29, 1.82) is 0 Å². The molecule has 0 rings (SSSR count). The van der Waals surface area contributed by atoms with Gasteiger partial charge >= 0.3 is 249 Å². The summed E-state index contributed by atoms with van der Waals surface area (Å²) in [6.45, 7) is 45.2. The van der Waals surface area contributed by atoms with Crippen molar-refractivity contribution in [2.45, 2.75) is 126 Å². The summed E-state index contributed by atoms with van der Waals surface area (Å²) in [6.07, 6.45) is 0. The predicted molar refractivity (Wildman–Crippen MR) is 169 cm³/mol. The molecule has 0 unspecified atom stereocenters. The van der Waals surface area contributed by atoms with Gasteiger partial charge in [-0.15, -0.1) is 0 Å². The van der Waals surface area contributed by atoms with E-state index in [0.29, 0.717) is 0 Å². The minimum absolute atomic E-state index is 0.785.